The molecule has 1 amide bonds. The van der Waals surface area contributed by atoms with E-state index in [4.69, 9.17) is 4.74 Å². The Bertz CT molecular complexity index is 563. The molecule has 0 bridgehead atoms. The van der Waals surface area contributed by atoms with Crippen LogP contribution in [0.25, 0.3) is 0 Å². The number of hydrogen-bond acceptors (Lipinski definition) is 5. The summed E-state index contributed by atoms with van der Waals surface area (Å²) in [7, 11) is 1.78. The van der Waals surface area contributed by atoms with E-state index in [9.17, 15) is 14.7 Å². The van der Waals surface area contributed by atoms with Crippen molar-refractivity contribution in [2.24, 2.45) is 5.92 Å². The average Bonchev–Trinajstić information content (AvgIpc) is 3.06. The van der Waals surface area contributed by atoms with E-state index < -0.39 is 6.04 Å². The van der Waals surface area contributed by atoms with E-state index in [0.717, 1.165) is 5.56 Å². The van der Waals surface area contributed by atoms with Crippen molar-refractivity contribution in [2.75, 3.05) is 20.3 Å². The lowest BCUT2D eigenvalue weighted by atomic mass is 10.0. The highest BCUT2D eigenvalue weighted by Crippen LogP contribution is 2.34. The lowest BCUT2D eigenvalue weighted by molar-refractivity contribution is -0.143. The second-order valence-electron chi connectivity index (χ2n) is 5.91. The molecule has 2 aliphatic rings. The normalized spacial score (nSPS) is 29.0. The average molecular weight is 304 g/mol. The first-order valence-electron chi connectivity index (χ1n) is 7.46. The molecular formula is C16H20N2O4. The summed E-state index contributed by atoms with van der Waals surface area (Å²) in [5, 5.41) is 12.4. The van der Waals surface area contributed by atoms with E-state index >= 15 is 0 Å². The third-order valence-corrected chi connectivity index (χ3v) is 4.59. The lowest BCUT2D eigenvalue weighted by Gasteiger charge is -2.25. The minimum atomic E-state index is -0.436. The molecule has 4 atom stereocenters. The van der Waals surface area contributed by atoms with Gasteiger partial charge in [0.1, 0.15) is 6.04 Å². The van der Waals surface area contributed by atoms with Crippen LogP contribution in [0.2, 0.25) is 0 Å². The van der Waals surface area contributed by atoms with Gasteiger partial charge in [0.15, 0.2) is 0 Å². The standard InChI is InChI=1S/C16H20N2O4/c1-18-13(7-11-9-22-16(21)14(11)18)15(20)17-12(8-19)10-5-3-2-4-6-10/h2-6,11-14,19H,7-9H2,1H3,(H,17,20)/t11-,12-,13+,14-/m0/s1. The second-order valence-corrected chi connectivity index (χ2v) is 5.91. The number of fused-ring (bicyclic) bond motifs is 1. The highest BCUT2D eigenvalue weighted by Gasteiger charge is 2.50. The molecule has 1 aromatic rings. The van der Waals surface area contributed by atoms with Crippen molar-refractivity contribution < 1.29 is 19.4 Å². The number of amides is 1. The number of aliphatic hydroxyl groups is 1. The van der Waals surface area contributed by atoms with Gasteiger partial charge < -0.3 is 15.2 Å². The number of likely N-dealkylation sites (tertiary alicyclic amines) is 1. The van der Waals surface area contributed by atoms with Crippen molar-refractivity contribution in [1.82, 2.24) is 10.2 Å². The summed E-state index contributed by atoms with van der Waals surface area (Å²) in [5.41, 5.74) is 0.860. The fourth-order valence-corrected chi connectivity index (χ4v) is 3.38. The second kappa shape index (κ2) is 6.06. The number of nitrogens with zero attached hydrogens (tertiary/aromatic N) is 1. The van der Waals surface area contributed by atoms with Gasteiger partial charge in [-0.3, -0.25) is 14.5 Å². The molecule has 0 saturated carbocycles. The number of carbonyl (C=O) groups is 2. The number of hydrogen-bond donors (Lipinski definition) is 2. The van der Waals surface area contributed by atoms with E-state index in [1.54, 1.807) is 11.9 Å². The van der Waals surface area contributed by atoms with Crippen LogP contribution in [0.15, 0.2) is 30.3 Å². The molecule has 2 fully saturated rings. The zero-order valence-electron chi connectivity index (χ0n) is 12.4. The number of esters is 1. The van der Waals surface area contributed by atoms with Gasteiger partial charge >= 0.3 is 5.97 Å². The van der Waals surface area contributed by atoms with Crippen molar-refractivity contribution >= 4 is 11.9 Å². The lowest BCUT2D eigenvalue weighted by Crippen LogP contribution is -2.47. The SMILES string of the molecule is CN1[C@@H](C(=O)N[C@@H](CO)c2ccccc2)C[C@H]2COC(=O)[C@H]21. The first-order chi connectivity index (χ1) is 10.6. The Labute approximate surface area is 129 Å². The Morgan fingerprint density at radius 2 is 2.18 bits per heavy atom. The fraction of sp³-hybridized carbons (Fsp3) is 0.500. The Balaban J connectivity index is 1.68. The van der Waals surface area contributed by atoms with Crippen LogP contribution in [0.3, 0.4) is 0 Å². The molecule has 2 saturated heterocycles. The maximum atomic E-state index is 12.5. The van der Waals surface area contributed by atoms with E-state index in [0.29, 0.717) is 13.0 Å². The third kappa shape index (κ3) is 2.60. The molecule has 2 aliphatic heterocycles. The maximum absolute atomic E-state index is 12.5. The number of aliphatic hydroxyl groups excluding tert-OH is 1. The minimum absolute atomic E-state index is 0.0811. The number of rotatable bonds is 4. The van der Waals surface area contributed by atoms with E-state index in [1.165, 1.54) is 0 Å². The van der Waals surface area contributed by atoms with Gasteiger partial charge in [0.2, 0.25) is 5.91 Å². The largest absolute Gasteiger partial charge is 0.464 e. The molecule has 0 spiro atoms. The quantitative estimate of drug-likeness (QED) is 0.770. The van der Waals surface area contributed by atoms with Crippen LogP contribution in [-0.4, -0.2) is 54.2 Å². The van der Waals surface area contributed by atoms with Gasteiger partial charge in [-0.2, -0.15) is 0 Å². The smallest absolute Gasteiger partial charge is 0.323 e. The number of likely N-dealkylation sites (N-methyl/N-ethyl adjacent to an activating group) is 1. The molecule has 0 radical (unpaired) electrons. The summed E-state index contributed by atoms with van der Waals surface area (Å²) in [6, 6.07) is 8.24. The fourth-order valence-electron chi connectivity index (χ4n) is 3.38. The predicted molar refractivity (Wildman–Crippen MR) is 78.8 cm³/mol. The van der Waals surface area contributed by atoms with Gasteiger partial charge in [-0.1, -0.05) is 30.3 Å². The van der Waals surface area contributed by atoms with Crippen molar-refractivity contribution in [3.63, 3.8) is 0 Å². The molecule has 6 nitrogen and oxygen atoms in total. The zero-order chi connectivity index (χ0) is 15.7. The van der Waals surface area contributed by atoms with Gasteiger partial charge in [0.25, 0.3) is 0 Å². The van der Waals surface area contributed by atoms with Crippen molar-refractivity contribution in [2.45, 2.75) is 24.5 Å². The van der Waals surface area contributed by atoms with Crippen molar-refractivity contribution in [3.8, 4) is 0 Å². The topological polar surface area (TPSA) is 78.9 Å². The van der Waals surface area contributed by atoms with Crippen LogP contribution in [0.5, 0.6) is 0 Å². The van der Waals surface area contributed by atoms with Gasteiger partial charge in [0, 0.05) is 5.92 Å². The van der Waals surface area contributed by atoms with Crippen LogP contribution >= 0.6 is 0 Å². The van der Waals surface area contributed by atoms with Gasteiger partial charge in [-0.05, 0) is 19.0 Å². The molecule has 3 rings (SSSR count). The van der Waals surface area contributed by atoms with Crippen LogP contribution in [0.4, 0.5) is 0 Å². The highest BCUT2D eigenvalue weighted by molar-refractivity contribution is 5.86. The molecular weight excluding hydrogens is 284 g/mol. The number of benzene rings is 1. The molecule has 1 aromatic carbocycles. The Morgan fingerprint density at radius 1 is 1.45 bits per heavy atom. The summed E-state index contributed by atoms with van der Waals surface area (Å²) in [5.74, 6) is -0.324. The van der Waals surface area contributed by atoms with E-state index in [1.807, 2.05) is 30.3 Å². The van der Waals surface area contributed by atoms with Gasteiger partial charge in [-0.15, -0.1) is 0 Å². The molecule has 6 heteroatoms. The van der Waals surface area contributed by atoms with Gasteiger partial charge in [-0.25, -0.2) is 0 Å². The molecule has 2 heterocycles. The van der Waals surface area contributed by atoms with Crippen LogP contribution in [-0.2, 0) is 14.3 Å². The number of ether oxygens (including phenoxy) is 1. The molecule has 0 aliphatic carbocycles. The first-order valence-corrected chi connectivity index (χ1v) is 7.46. The van der Waals surface area contributed by atoms with Gasteiger partial charge in [0.05, 0.1) is 25.3 Å². The first kappa shape index (κ1) is 15.0. The Kier molecular flexibility index (Phi) is 4.13. The summed E-state index contributed by atoms with van der Waals surface area (Å²) >= 11 is 0. The Hall–Kier alpha value is -1.92. The minimum Gasteiger partial charge on any atom is -0.464 e. The molecule has 22 heavy (non-hydrogen) atoms. The zero-order valence-corrected chi connectivity index (χ0v) is 12.4. The third-order valence-electron chi connectivity index (χ3n) is 4.59. The summed E-state index contributed by atoms with van der Waals surface area (Å²) in [4.78, 5) is 26.0. The van der Waals surface area contributed by atoms with Crippen molar-refractivity contribution in [1.29, 1.82) is 0 Å². The summed E-state index contributed by atoms with van der Waals surface area (Å²) in [6.45, 7) is 0.223. The summed E-state index contributed by atoms with van der Waals surface area (Å²) < 4.78 is 5.04. The number of cyclic esters (lactones) is 1. The molecule has 0 aromatic heterocycles. The number of carbonyl (C=O) groups excluding carboxylic acids is 2. The number of nitrogens with one attached hydrogen (secondary N) is 1. The maximum Gasteiger partial charge on any atom is 0.323 e. The van der Waals surface area contributed by atoms with Crippen LogP contribution in [0.1, 0.15) is 18.0 Å². The Morgan fingerprint density at radius 3 is 2.82 bits per heavy atom. The molecule has 118 valence electrons. The monoisotopic (exact) mass is 304 g/mol. The summed E-state index contributed by atoms with van der Waals surface area (Å²) in [6.07, 6.45) is 0.603. The van der Waals surface area contributed by atoms with E-state index in [-0.39, 0.29) is 36.5 Å². The highest BCUT2D eigenvalue weighted by atomic mass is 16.5. The van der Waals surface area contributed by atoms with E-state index in [2.05, 4.69) is 5.32 Å². The van der Waals surface area contributed by atoms with Crippen LogP contribution < -0.4 is 5.32 Å². The predicted octanol–water partition coefficient (Wildman–Crippen LogP) is 0.0819. The van der Waals surface area contributed by atoms with Crippen molar-refractivity contribution in [3.05, 3.63) is 35.9 Å². The molecule has 2 N–H and O–H groups in total. The molecule has 0 unspecified atom stereocenters. The van der Waals surface area contributed by atoms with Crippen LogP contribution in [0, 0.1) is 5.92 Å².